The van der Waals surface area contributed by atoms with Gasteiger partial charge in [0.1, 0.15) is 0 Å². The predicted octanol–water partition coefficient (Wildman–Crippen LogP) is 1.67. The SMILES string of the molecule is CC(C)CNC(=O)[C@@H](C)Sc1cnn(C)c1. The van der Waals surface area contributed by atoms with Crippen LogP contribution < -0.4 is 5.32 Å². The summed E-state index contributed by atoms with van der Waals surface area (Å²) in [7, 11) is 1.87. The van der Waals surface area contributed by atoms with Crippen molar-refractivity contribution in [2.24, 2.45) is 13.0 Å². The molecule has 0 saturated carbocycles. The molecule has 5 heteroatoms. The summed E-state index contributed by atoms with van der Waals surface area (Å²) in [4.78, 5) is 12.7. The number of nitrogens with zero attached hydrogens (tertiary/aromatic N) is 2. The Bertz CT molecular complexity index is 349. The highest BCUT2D eigenvalue weighted by molar-refractivity contribution is 8.00. The van der Waals surface area contributed by atoms with Crippen LogP contribution >= 0.6 is 11.8 Å². The number of rotatable bonds is 5. The van der Waals surface area contributed by atoms with Crippen LogP contribution in [0.25, 0.3) is 0 Å². The van der Waals surface area contributed by atoms with Crippen molar-refractivity contribution < 1.29 is 4.79 Å². The summed E-state index contributed by atoms with van der Waals surface area (Å²) in [5, 5.41) is 6.91. The van der Waals surface area contributed by atoms with Gasteiger partial charge in [0.15, 0.2) is 0 Å². The largest absolute Gasteiger partial charge is 0.355 e. The molecule has 0 saturated heterocycles. The standard InChI is InChI=1S/C11H19N3OS/c1-8(2)5-12-11(15)9(3)16-10-6-13-14(4)7-10/h6-9H,5H2,1-4H3,(H,12,15)/t9-/m1/s1. The fourth-order valence-corrected chi connectivity index (χ4v) is 2.09. The van der Waals surface area contributed by atoms with Crippen LogP contribution in [0.1, 0.15) is 20.8 Å². The summed E-state index contributed by atoms with van der Waals surface area (Å²) < 4.78 is 1.74. The highest BCUT2D eigenvalue weighted by atomic mass is 32.2. The number of aromatic nitrogens is 2. The average molecular weight is 241 g/mol. The molecule has 1 atom stereocenters. The minimum Gasteiger partial charge on any atom is -0.355 e. The van der Waals surface area contributed by atoms with Crippen molar-refractivity contribution in [3.8, 4) is 0 Å². The fourth-order valence-electron chi connectivity index (χ4n) is 1.17. The van der Waals surface area contributed by atoms with Crippen LogP contribution in [0.3, 0.4) is 0 Å². The van der Waals surface area contributed by atoms with E-state index in [1.165, 1.54) is 11.8 Å². The van der Waals surface area contributed by atoms with Gasteiger partial charge in [0, 0.05) is 24.7 Å². The minimum atomic E-state index is -0.0806. The molecule has 0 aliphatic heterocycles. The van der Waals surface area contributed by atoms with Gasteiger partial charge in [0.2, 0.25) is 5.91 Å². The second-order valence-electron chi connectivity index (χ2n) is 4.25. The van der Waals surface area contributed by atoms with Crippen LogP contribution in [-0.2, 0) is 11.8 Å². The van der Waals surface area contributed by atoms with Gasteiger partial charge in [-0.3, -0.25) is 9.48 Å². The fraction of sp³-hybridized carbons (Fsp3) is 0.636. The zero-order valence-electron chi connectivity index (χ0n) is 10.2. The van der Waals surface area contributed by atoms with E-state index in [0.717, 1.165) is 11.4 Å². The number of carbonyl (C=O) groups is 1. The first kappa shape index (κ1) is 13.1. The van der Waals surface area contributed by atoms with Crippen molar-refractivity contribution in [1.82, 2.24) is 15.1 Å². The lowest BCUT2D eigenvalue weighted by atomic mass is 10.2. The summed E-state index contributed by atoms with van der Waals surface area (Å²) in [6.07, 6.45) is 3.69. The van der Waals surface area contributed by atoms with E-state index in [1.54, 1.807) is 10.9 Å². The van der Waals surface area contributed by atoms with Crippen molar-refractivity contribution >= 4 is 17.7 Å². The normalized spacial score (nSPS) is 12.8. The van der Waals surface area contributed by atoms with Gasteiger partial charge in [-0.05, 0) is 12.8 Å². The first-order chi connectivity index (χ1) is 7.49. The molecule has 1 aromatic rings. The van der Waals surface area contributed by atoms with Crippen molar-refractivity contribution in [2.75, 3.05) is 6.54 Å². The topological polar surface area (TPSA) is 46.9 Å². The minimum absolute atomic E-state index is 0.0806. The van der Waals surface area contributed by atoms with Gasteiger partial charge >= 0.3 is 0 Å². The van der Waals surface area contributed by atoms with E-state index in [0.29, 0.717) is 5.92 Å². The molecule has 4 nitrogen and oxygen atoms in total. The molecule has 90 valence electrons. The molecule has 1 N–H and O–H groups in total. The Balaban J connectivity index is 2.39. The van der Waals surface area contributed by atoms with Crippen molar-refractivity contribution in [3.05, 3.63) is 12.4 Å². The number of amides is 1. The lowest BCUT2D eigenvalue weighted by molar-refractivity contribution is -0.120. The molecular formula is C11H19N3OS. The smallest absolute Gasteiger partial charge is 0.233 e. The summed E-state index contributed by atoms with van der Waals surface area (Å²) in [6.45, 7) is 6.81. The van der Waals surface area contributed by atoms with E-state index >= 15 is 0 Å². The van der Waals surface area contributed by atoms with E-state index in [2.05, 4.69) is 24.3 Å². The number of aryl methyl sites for hydroxylation is 1. The lowest BCUT2D eigenvalue weighted by Crippen LogP contribution is -2.33. The van der Waals surface area contributed by atoms with Crippen LogP contribution in [0.4, 0.5) is 0 Å². The Hall–Kier alpha value is -0.970. The van der Waals surface area contributed by atoms with Gasteiger partial charge in [0.25, 0.3) is 0 Å². The van der Waals surface area contributed by atoms with E-state index in [4.69, 9.17) is 0 Å². The molecule has 0 aliphatic rings. The average Bonchev–Trinajstić information content (AvgIpc) is 2.60. The zero-order valence-corrected chi connectivity index (χ0v) is 11.0. The molecule has 0 radical (unpaired) electrons. The van der Waals surface area contributed by atoms with Gasteiger partial charge < -0.3 is 5.32 Å². The molecule has 1 rings (SSSR count). The van der Waals surface area contributed by atoms with Crippen molar-refractivity contribution in [3.63, 3.8) is 0 Å². The molecule has 0 spiro atoms. The van der Waals surface area contributed by atoms with Gasteiger partial charge in [-0.1, -0.05) is 13.8 Å². The Morgan fingerprint density at radius 1 is 1.56 bits per heavy atom. The monoisotopic (exact) mass is 241 g/mol. The Labute approximate surface area is 101 Å². The second kappa shape index (κ2) is 5.94. The third kappa shape index (κ3) is 4.26. The molecule has 0 unspecified atom stereocenters. The quantitative estimate of drug-likeness (QED) is 0.798. The molecule has 1 amide bonds. The highest BCUT2D eigenvalue weighted by Gasteiger charge is 2.14. The second-order valence-corrected chi connectivity index (χ2v) is 5.66. The van der Waals surface area contributed by atoms with E-state index < -0.39 is 0 Å². The maximum absolute atomic E-state index is 11.7. The van der Waals surface area contributed by atoms with Crippen LogP contribution in [0, 0.1) is 5.92 Å². The van der Waals surface area contributed by atoms with Crippen LogP contribution in [0.2, 0.25) is 0 Å². The Morgan fingerprint density at radius 2 is 2.25 bits per heavy atom. The number of hydrogen-bond donors (Lipinski definition) is 1. The van der Waals surface area contributed by atoms with Crippen LogP contribution in [0.5, 0.6) is 0 Å². The highest BCUT2D eigenvalue weighted by Crippen LogP contribution is 2.22. The lowest BCUT2D eigenvalue weighted by Gasteiger charge is -2.12. The molecule has 1 heterocycles. The van der Waals surface area contributed by atoms with Gasteiger partial charge in [-0.15, -0.1) is 11.8 Å². The molecule has 1 aromatic heterocycles. The number of thioether (sulfide) groups is 1. The molecule has 0 bridgehead atoms. The van der Waals surface area contributed by atoms with Gasteiger partial charge in [0.05, 0.1) is 11.4 Å². The molecule has 0 aliphatic carbocycles. The van der Waals surface area contributed by atoms with Crippen LogP contribution in [-0.4, -0.2) is 27.5 Å². The maximum atomic E-state index is 11.7. The van der Waals surface area contributed by atoms with E-state index in [1.807, 2.05) is 20.2 Å². The predicted molar refractivity (Wildman–Crippen MR) is 66.4 cm³/mol. The summed E-state index contributed by atoms with van der Waals surface area (Å²) in [6, 6.07) is 0. The number of nitrogens with one attached hydrogen (secondary N) is 1. The summed E-state index contributed by atoms with van der Waals surface area (Å²) >= 11 is 1.53. The van der Waals surface area contributed by atoms with E-state index in [9.17, 15) is 4.79 Å². The number of hydrogen-bond acceptors (Lipinski definition) is 3. The molecule has 16 heavy (non-hydrogen) atoms. The maximum Gasteiger partial charge on any atom is 0.233 e. The molecular weight excluding hydrogens is 222 g/mol. The first-order valence-electron chi connectivity index (χ1n) is 5.42. The van der Waals surface area contributed by atoms with Crippen molar-refractivity contribution in [1.29, 1.82) is 0 Å². The number of carbonyl (C=O) groups excluding carboxylic acids is 1. The zero-order chi connectivity index (χ0) is 12.1. The molecule has 0 fully saturated rings. The third-order valence-electron chi connectivity index (χ3n) is 2.05. The first-order valence-corrected chi connectivity index (χ1v) is 6.30. The van der Waals surface area contributed by atoms with Crippen LogP contribution in [0.15, 0.2) is 17.3 Å². The third-order valence-corrected chi connectivity index (χ3v) is 3.10. The van der Waals surface area contributed by atoms with Crippen molar-refractivity contribution in [2.45, 2.75) is 30.9 Å². The summed E-state index contributed by atoms with van der Waals surface area (Å²) in [5.74, 6) is 0.571. The van der Waals surface area contributed by atoms with Gasteiger partial charge in [-0.2, -0.15) is 5.10 Å². The Morgan fingerprint density at radius 3 is 2.75 bits per heavy atom. The summed E-state index contributed by atoms with van der Waals surface area (Å²) in [5.41, 5.74) is 0. The Kier molecular flexibility index (Phi) is 4.86. The van der Waals surface area contributed by atoms with E-state index in [-0.39, 0.29) is 11.2 Å². The van der Waals surface area contributed by atoms with Gasteiger partial charge in [-0.25, -0.2) is 0 Å². The molecule has 0 aromatic carbocycles.